The summed E-state index contributed by atoms with van der Waals surface area (Å²) in [5, 5.41) is 18.6. The Morgan fingerprint density at radius 3 is 2.03 bits per heavy atom. The summed E-state index contributed by atoms with van der Waals surface area (Å²) in [5.41, 5.74) is 1.89. The Labute approximate surface area is 189 Å². The Bertz CT molecular complexity index is 923. The molecule has 7 nitrogen and oxygen atoms in total. The smallest absolute Gasteiger partial charge is 0.203 e. The van der Waals surface area contributed by atoms with Gasteiger partial charge in [-0.25, -0.2) is 0 Å². The highest BCUT2D eigenvalue weighted by Crippen LogP contribution is 2.40. The number of benzene rings is 2. The molecule has 2 aromatic carbocycles. The van der Waals surface area contributed by atoms with E-state index in [0.717, 1.165) is 31.2 Å². The topological polar surface area (TPSA) is 90.2 Å². The number of rotatable bonds is 13. The molecule has 0 spiro atoms. The van der Waals surface area contributed by atoms with E-state index in [4.69, 9.17) is 28.8 Å². The molecule has 172 valence electrons. The van der Waals surface area contributed by atoms with Crippen LogP contribution in [0.3, 0.4) is 0 Å². The first-order valence-electron chi connectivity index (χ1n) is 10.5. The van der Waals surface area contributed by atoms with Crippen LogP contribution in [-0.2, 0) is 0 Å². The molecule has 0 saturated carbocycles. The zero-order valence-electron chi connectivity index (χ0n) is 19.1. The molecule has 2 aromatic rings. The Morgan fingerprint density at radius 2 is 1.47 bits per heavy atom. The summed E-state index contributed by atoms with van der Waals surface area (Å²) in [6.07, 6.45) is 5.36. The van der Waals surface area contributed by atoms with E-state index in [0.29, 0.717) is 46.5 Å². The van der Waals surface area contributed by atoms with Crippen molar-refractivity contribution < 1.29 is 28.8 Å². The number of hydrogen-bond donors (Lipinski definition) is 1. The molecule has 0 aliphatic heterocycles. The lowest BCUT2D eigenvalue weighted by Crippen LogP contribution is -2.02. The monoisotopic (exact) mass is 441 g/mol. The highest BCUT2D eigenvalue weighted by molar-refractivity contribution is 5.90. The van der Waals surface area contributed by atoms with Crippen molar-refractivity contribution in [2.45, 2.75) is 25.7 Å². The first-order valence-corrected chi connectivity index (χ1v) is 10.5. The van der Waals surface area contributed by atoms with Crippen LogP contribution in [0.25, 0.3) is 11.6 Å². The molecule has 0 atom stereocenters. The zero-order chi connectivity index (χ0) is 23.3. The molecule has 1 N–H and O–H groups in total. The summed E-state index contributed by atoms with van der Waals surface area (Å²) in [5.74, 6) is 2.71. The Balaban J connectivity index is 2.30. The molecule has 7 heteroatoms. The molecular weight excluding hydrogens is 410 g/mol. The fourth-order valence-corrected chi connectivity index (χ4v) is 3.22. The Morgan fingerprint density at radius 1 is 0.844 bits per heavy atom. The van der Waals surface area contributed by atoms with Crippen LogP contribution in [0.2, 0.25) is 0 Å². The first kappa shape index (κ1) is 24.9. The predicted molar refractivity (Wildman–Crippen MR) is 124 cm³/mol. The second-order valence-corrected chi connectivity index (χ2v) is 6.98. The number of aliphatic hydroxyl groups excluding tert-OH is 1. The third-order valence-electron chi connectivity index (χ3n) is 4.91. The Hall–Kier alpha value is -3.37. The van der Waals surface area contributed by atoms with Crippen LogP contribution in [0.1, 0.15) is 36.8 Å². The van der Waals surface area contributed by atoms with Crippen molar-refractivity contribution in [1.29, 1.82) is 5.26 Å². The van der Waals surface area contributed by atoms with Crippen molar-refractivity contribution in [3.05, 3.63) is 41.5 Å². The van der Waals surface area contributed by atoms with Gasteiger partial charge in [0.1, 0.15) is 0 Å². The first-order chi connectivity index (χ1) is 15.6. The summed E-state index contributed by atoms with van der Waals surface area (Å²) in [6.45, 7) is 0.730. The lowest BCUT2D eigenvalue weighted by atomic mass is 10.0. The number of allylic oxidation sites excluding steroid dienone is 1. The fraction of sp³-hybridized carbons (Fsp3) is 0.400. The lowest BCUT2D eigenvalue weighted by molar-refractivity contribution is 0.259. The predicted octanol–water partition coefficient (Wildman–Crippen LogP) is 4.72. The van der Waals surface area contributed by atoms with Crippen molar-refractivity contribution in [2.24, 2.45) is 0 Å². The Kier molecular flexibility index (Phi) is 10.2. The van der Waals surface area contributed by atoms with E-state index >= 15 is 0 Å². The van der Waals surface area contributed by atoms with Gasteiger partial charge in [-0.2, -0.15) is 5.26 Å². The van der Waals surface area contributed by atoms with Gasteiger partial charge in [-0.05, 0) is 66.8 Å². The quantitative estimate of drug-likeness (QED) is 0.273. The third-order valence-corrected chi connectivity index (χ3v) is 4.91. The molecule has 32 heavy (non-hydrogen) atoms. The van der Waals surface area contributed by atoms with Gasteiger partial charge in [0.25, 0.3) is 0 Å². The van der Waals surface area contributed by atoms with Crippen molar-refractivity contribution in [3.63, 3.8) is 0 Å². The number of aliphatic hydroxyl groups is 1. The average molecular weight is 442 g/mol. The minimum atomic E-state index is 0.214. The second kappa shape index (κ2) is 13.1. The number of nitriles is 1. The van der Waals surface area contributed by atoms with E-state index < -0.39 is 0 Å². The summed E-state index contributed by atoms with van der Waals surface area (Å²) in [6, 6.07) is 11.2. The molecule has 0 bridgehead atoms. The van der Waals surface area contributed by atoms with E-state index in [1.165, 1.54) is 0 Å². The fourth-order valence-electron chi connectivity index (χ4n) is 3.22. The second-order valence-electron chi connectivity index (χ2n) is 6.98. The molecule has 0 aliphatic rings. The highest BCUT2D eigenvalue weighted by atomic mass is 16.5. The van der Waals surface area contributed by atoms with Gasteiger partial charge in [-0.3, -0.25) is 0 Å². The van der Waals surface area contributed by atoms with Gasteiger partial charge in [-0.15, -0.1) is 0 Å². The molecule has 0 amide bonds. The minimum absolute atomic E-state index is 0.214. The standard InChI is InChI=1S/C25H31NO6/c1-28-21-10-9-19(16-22(21)29-2)20(17-26)13-18-14-23(30-3)25(24(15-18)31-4)32-12-8-6-5-7-11-27/h9-10,13-16,27H,5-8,11-12H2,1-4H3. The van der Waals surface area contributed by atoms with Crippen LogP contribution >= 0.6 is 0 Å². The highest BCUT2D eigenvalue weighted by Gasteiger charge is 2.15. The number of methoxy groups -OCH3 is 4. The summed E-state index contributed by atoms with van der Waals surface area (Å²) in [4.78, 5) is 0. The van der Waals surface area contributed by atoms with Gasteiger partial charge in [0, 0.05) is 6.61 Å². The normalized spacial score (nSPS) is 10.9. The van der Waals surface area contributed by atoms with Gasteiger partial charge >= 0.3 is 0 Å². The van der Waals surface area contributed by atoms with Crippen molar-refractivity contribution in [3.8, 4) is 34.8 Å². The van der Waals surface area contributed by atoms with Gasteiger partial charge < -0.3 is 28.8 Å². The number of ether oxygens (including phenoxy) is 5. The van der Waals surface area contributed by atoms with E-state index in [1.807, 2.05) is 12.1 Å². The SMILES string of the molecule is COc1ccc(C(C#N)=Cc2cc(OC)c(OCCCCCCO)c(OC)c2)cc1OC. The maximum atomic E-state index is 9.75. The largest absolute Gasteiger partial charge is 0.493 e. The molecular formula is C25H31NO6. The molecule has 0 aliphatic carbocycles. The van der Waals surface area contributed by atoms with Gasteiger partial charge in [-0.1, -0.05) is 6.42 Å². The molecule has 2 rings (SSSR count). The molecule has 0 heterocycles. The number of nitrogens with zero attached hydrogens (tertiary/aromatic N) is 1. The van der Waals surface area contributed by atoms with Crippen LogP contribution in [0.5, 0.6) is 28.7 Å². The van der Waals surface area contributed by atoms with Crippen molar-refractivity contribution in [2.75, 3.05) is 41.7 Å². The van der Waals surface area contributed by atoms with E-state index in [1.54, 1.807) is 52.7 Å². The molecule has 0 aromatic heterocycles. The minimum Gasteiger partial charge on any atom is -0.493 e. The number of unbranched alkanes of at least 4 members (excludes halogenated alkanes) is 3. The van der Waals surface area contributed by atoms with Gasteiger partial charge in [0.15, 0.2) is 23.0 Å². The van der Waals surface area contributed by atoms with E-state index in [9.17, 15) is 5.26 Å². The summed E-state index contributed by atoms with van der Waals surface area (Å²) >= 11 is 0. The molecule has 0 fully saturated rings. The molecule has 0 radical (unpaired) electrons. The summed E-state index contributed by atoms with van der Waals surface area (Å²) in [7, 11) is 6.25. The van der Waals surface area contributed by atoms with Crippen LogP contribution in [0.4, 0.5) is 0 Å². The zero-order valence-corrected chi connectivity index (χ0v) is 19.1. The van der Waals surface area contributed by atoms with Crippen LogP contribution < -0.4 is 23.7 Å². The number of hydrogen-bond acceptors (Lipinski definition) is 7. The van der Waals surface area contributed by atoms with Crippen molar-refractivity contribution in [1.82, 2.24) is 0 Å². The van der Waals surface area contributed by atoms with Crippen molar-refractivity contribution >= 4 is 11.6 Å². The average Bonchev–Trinajstić information content (AvgIpc) is 2.84. The van der Waals surface area contributed by atoms with Crippen LogP contribution in [-0.4, -0.2) is 46.8 Å². The van der Waals surface area contributed by atoms with Gasteiger partial charge in [0.05, 0.1) is 46.7 Å². The van der Waals surface area contributed by atoms with Crippen LogP contribution in [0, 0.1) is 11.3 Å². The van der Waals surface area contributed by atoms with E-state index in [-0.39, 0.29) is 6.61 Å². The lowest BCUT2D eigenvalue weighted by Gasteiger charge is -2.15. The maximum absolute atomic E-state index is 9.75. The summed E-state index contributed by atoms with van der Waals surface area (Å²) < 4.78 is 27.6. The van der Waals surface area contributed by atoms with E-state index in [2.05, 4.69) is 6.07 Å². The maximum Gasteiger partial charge on any atom is 0.203 e. The third kappa shape index (κ3) is 6.56. The van der Waals surface area contributed by atoms with Gasteiger partial charge in [0.2, 0.25) is 5.75 Å². The molecule has 0 saturated heterocycles. The van der Waals surface area contributed by atoms with Crippen LogP contribution in [0.15, 0.2) is 30.3 Å². The molecule has 0 unspecified atom stereocenters.